The molecule has 5 aliphatic heterocycles. The fourth-order valence-corrected chi connectivity index (χ4v) is 8.58. The zero-order chi connectivity index (χ0) is 51.4. The van der Waals surface area contributed by atoms with Crippen molar-refractivity contribution in [3.8, 4) is 0 Å². The first kappa shape index (κ1) is 57.3. The Morgan fingerprint density at radius 3 is 1.42 bits per heavy atom. The Hall–Kier alpha value is -2.60. The third-order valence-electron chi connectivity index (χ3n) is 11.7. The van der Waals surface area contributed by atoms with Crippen molar-refractivity contribution in [1.29, 1.82) is 0 Å². The Morgan fingerprint density at radius 1 is 0.449 bits per heavy atom. The van der Waals surface area contributed by atoms with Crippen LogP contribution >= 0.6 is 0 Å². The third-order valence-corrected chi connectivity index (χ3v) is 12.1. The van der Waals surface area contributed by atoms with E-state index >= 15 is 0 Å². The second kappa shape index (κ2) is 24.4. The summed E-state index contributed by atoms with van der Waals surface area (Å²) in [6.07, 6.45) is -41.6. The van der Waals surface area contributed by atoms with Crippen LogP contribution < -0.4 is 16.0 Å². The summed E-state index contributed by atoms with van der Waals surface area (Å²) in [5.41, 5.74) is 0. The monoisotopic (exact) mass is 1030 g/mol. The zero-order valence-electron chi connectivity index (χ0n) is 36.8. The molecule has 25 atom stereocenters. The molecule has 3 amide bonds. The Morgan fingerprint density at radius 2 is 0.870 bits per heavy atom. The molecule has 400 valence electrons. The first-order valence-electron chi connectivity index (χ1n) is 21.2. The molecular formula is C36H61N3O29S. The minimum atomic E-state index is -5.08. The molecule has 32 nitrogen and oxygen atoms in total. The molecule has 5 fully saturated rings. The van der Waals surface area contributed by atoms with Crippen LogP contribution in [0, 0.1) is 0 Å². The Kier molecular flexibility index (Phi) is 20.3. The van der Waals surface area contributed by atoms with Gasteiger partial charge in [-0.2, -0.15) is 8.42 Å². The lowest BCUT2D eigenvalue weighted by Gasteiger charge is -2.50. The summed E-state index contributed by atoms with van der Waals surface area (Å²) in [5, 5.41) is 147. The van der Waals surface area contributed by atoms with Crippen molar-refractivity contribution >= 4 is 28.1 Å². The Bertz CT molecular complexity index is 1810. The van der Waals surface area contributed by atoms with E-state index in [-0.39, 0.29) is 0 Å². The highest BCUT2D eigenvalue weighted by atomic mass is 32.3. The number of rotatable bonds is 18. The van der Waals surface area contributed by atoms with Gasteiger partial charge in [-0.3, -0.25) is 18.9 Å². The molecule has 0 saturated carbocycles. The second-order valence-corrected chi connectivity index (χ2v) is 17.8. The molecule has 0 radical (unpaired) electrons. The minimum Gasteiger partial charge on any atom is -0.394 e. The van der Waals surface area contributed by atoms with Gasteiger partial charge in [-0.15, -0.1) is 0 Å². The van der Waals surface area contributed by atoms with Gasteiger partial charge in [-0.1, -0.05) is 0 Å². The van der Waals surface area contributed by atoms with E-state index in [0.717, 1.165) is 20.8 Å². The molecule has 0 aromatic rings. The fourth-order valence-electron chi connectivity index (χ4n) is 8.28. The summed E-state index contributed by atoms with van der Waals surface area (Å²) in [7, 11) is -5.08. The van der Waals surface area contributed by atoms with Gasteiger partial charge in [0.15, 0.2) is 31.5 Å². The summed E-state index contributed by atoms with van der Waals surface area (Å²) in [6, 6.07) is -4.97. The number of hydrogen-bond donors (Lipinski definition) is 17. The maximum atomic E-state index is 12.5. The van der Waals surface area contributed by atoms with Crippen LogP contribution in [0.15, 0.2) is 0 Å². The van der Waals surface area contributed by atoms with Crippen LogP contribution in [0.5, 0.6) is 0 Å². The molecule has 0 bridgehead atoms. The summed E-state index contributed by atoms with van der Waals surface area (Å²) in [6.45, 7) is -1.75. The number of aliphatic hydroxyl groups is 13. The lowest BCUT2D eigenvalue weighted by atomic mass is 9.94. The molecule has 0 aliphatic carbocycles. The fraction of sp³-hybridized carbons (Fsp3) is 0.917. The van der Waals surface area contributed by atoms with Gasteiger partial charge in [0.2, 0.25) is 17.7 Å². The second-order valence-electron chi connectivity index (χ2n) is 16.7. The van der Waals surface area contributed by atoms with Gasteiger partial charge in [0.1, 0.15) is 122 Å². The molecule has 0 spiro atoms. The molecule has 0 aromatic heterocycles. The highest BCUT2D eigenvalue weighted by molar-refractivity contribution is 7.80. The van der Waals surface area contributed by atoms with Gasteiger partial charge in [-0.05, 0) is 0 Å². The van der Waals surface area contributed by atoms with E-state index in [0.29, 0.717) is 0 Å². The van der Waals surface area contributed by atoms with Gasteiger partial charge in [0.05, 0.1) is 33.0 Å². The normalized spacial score (nSPS) is 45.3. The molecule has 0 aromatic carbocycles. The number of amides is 3. The van der Waals surface area contributed by atoms with Gasteiger partial charge in [0.25, 0.3) is 0 Å². The summed E-state index contributed by atoms with van der Waals surface area (Å²) >= 11 is 0. The van der Waals surface area contributed by atoms with E-state index in [9.17, 15) is 89.2 Å². The van der Waals surface area contributed by atoms with Crippen molar-refractivity contribution in [3.63, 3.8) is 0 Å². The largest absolute Gasteiger partial charge is 0.397 e. The Balaban J connectivity index is 1.35. The van der Waals surface area contributed by atoms with E-state index < -0.39 is 214 Å². The van der Waals surface area contributed by atoms with Crippen LogP contribution in [0.25, 0.3) is 0 Å². The molecule has 5 saturated heterocycles. The third kappa shape index (κ3) is 13.7. The minimum absolute atomic E-state index is 0.772. The SMILES string of the molecule is CC(=O)N[C@H]1[C@H](OC[C@H]2OC(O)[C@H](NC(C)=O)[C@@H](O[C@@H]3O[C@H](CO)[C@H](O[C@H]4O[C@H](CO)[C@H](O)[C@H](O[C@@H]5O[C@H](CO)[C@H](O)[C@H](O)[C@H]5O)[C@H]4NC(C)=O)[C@H](O)[C@H]3O)[C@H]2O)O[C@H](COS(=O)(=O)O)[C@@H](O)[C@@H]1O. The predicted octanol–water partition coefficient (Wildman–Crippen LogP) is -11.7. The number of hydrogen-bond acceptors (Lipinski definition) is 28. The lowest BCUT2D eigenvalue weighted by Crippen LogP contribution is -2.70. The highest BCUT2D eigenvalue weighted by Crippen LogP contribution is 2.35. The number of aliphatic hydroxyl groups excluding tert-OH is 13. The smallest absolute Gasteiger partial charge is 0.394 e. The molecular weight excluding hydrogens is 970 g/mol. The molecule has 5 heterocycles. The number of nitrogens with one attached hydrogen (secondary N) is 3. The maximum absolute atomic E-state index is 12.5. The number of ether oxygens (including phenoxy) is 9. The molecule has 5 aliphatic rings. The Labute approximate surface area is 391 Å². The molecule has 33 heteroatoms. The molecule has 5 rings (SSSR count). The quantitative estimate of drug-likeness (QED) is 0.0567. The van der Waals surface area contributed by atoms with Gasteiger partial charge >= 0.3 is 10.4 Å². The van der Waals surface area contributed by atoms with E-state index in [1.165, 1.54) is 0 Å². The van der Waals surface area contributed by atoms with Gasteiger partial charge in [0, 0.05) is 20.8 Å². The average molecular weight is 1030 g/mol. The standard InChI is InChI=1S/C36H61N3O29S/c1-9(43)37-17-24(50)21(47)16(8-60-69(56,57)58)65-33(17)59-7-15-23(49)30(18(32(55)61-15)38-10(2)44)67-36-28(54)26(52)29(14(6-42)64-36)66-34-19(39-11(3)45)31(22(48)13(5-41)62-34)68-35-27(53)25(51)20(46)12(4-40)63-35/h12-36,40-42,46-55H,4-8H2,1-3H3,(H,37,43)(H,38,44)(H,39,45)(H,56,57,58)/t12-,13-,14-,15-,16-,17-,18-,19-,20+,21-,22+,23+,24-,25+,26-,27-,28-,29+,30-,31-,32?,33-,34-,35+,36+/m1/s1. The van der Waals surface area contributed by atoms with Gasteiger partial charge < -0.3 is 125 Å². The first-order valence-corrected chi connectivity index (χ1v) is 22.6. The van der Waals surface area contributed by atoms with Crippen molar-refractivity contribution in [2.45, 2.75) is 174 Å². The van der Waals surface area contributed by atoms with Crippen molar-refractivity contribution in [2.24, 2.45) is 0 Å². The lowest BCUT2D eigenvalue weighted by molar-refractivity contribution is -0.374. The predicted molar refractivity (Wildman–Crippen MR) is 212 cm³/mol. The molecule has 1 unspecified atom stereocenters. The van der Waals surface area contributed by atoms with Crippen LogP contribution in [0.4, 0.5) is 0 Å². The number of carbonyl (C=O) groups is 3. The van der Waals surface area contributed by atoms with Crippen LogP contribution in [0.2, 0.25) is 0 Å². The highest BCUT2D eigenvalue weighted by Gasteiger charge is 2.56. The number of carbonyl (C=O) groups excluding carboxylic acids is 3. The van der Waals surface area contributed by atoms with E-state index in [1.54, 1.807) is 0 Å². The van der Waals surface area contributed by atoms with Gasteiger partial charge in [-0.25, -0.2) is 4.18 Å². The summed E-state index contributed by atoms with van der Waals surface area (Å²) in [4.78, 5) is 36.7. The first-order chi connectivity index (χ1) is 32.3. The van der Waals surface area contributed by atoms with Crippen molar-refractivity contribution < 1.29 is 141 Å². The van der Waals surface area contributed by atoms with E-state index in [1.807, 2.05) is 0 Å². The van der Waals surface area contributed by atoms with Crippen molar-refractivity contribution in [1.82, 2.24) is 16.0 Å². The van der Waals surface area contributed by atoms with Crippen LogP contribution in [0.1, 0.15) is 20.8 Å². The van der Waals surface area contributed by atoms with Crippen molar-refractivity contribution in [2.75, 3.05) is 33.0 Å². The maximum Gasteiger partial charge on any atom is 0.397 e. The van der Waals surface area contributed by atoms with Crippen LogP contribution in [-0.2, 0) is 71.6 Å². The molecule has 69 heavy (non-hydrogen) atoms. The zero-order valence-corrected chi connectivity index (χ0v) is 37.6. The van der Waals surface area contributed by atoms with Crippen molar-refractivity contribution in [3.05, 3.63) is 0 Å². The molecule has 17 N–H and O–H groups in total. The van der Waals surface area contributed by atoms with E-state index in [4.69, 9.17) is 47.2 Å². The topological polar surface area (TPSA) is 497 Å². The van der Waals surface area contributed by atoms with Crippen LogP contribution in [-0.4, -0.2) is 283 Å². The summed E-state index contributed by atoms with van der Waals surface area (Å²) in [5.74, 6) is -2.40. The van der Waals surface area contributed by atoms with Crippen LogP contribution in [0.3, 0.4) is 0 Å². The average Bonchev–Trinajstić information content (AvgIpc) is 3.27. The summed E-state index contributed by atoms with van der Waals surface area (Å²) < 4.78 is 86.7. The van der Waals surface area contributed by atoms with E-state index in [2.05, 4.69) is 20.1 Å².